The molecule has 1 atom stereocenters. The first-order valence-corrected chi connectivity index (χ1v) is 9.25. The van der Waals surface area contributed by atoms with Gasteiger partial charge in [0, 0.05) is 29.9 Å². The number of hydrogen-bond donors (Lipinski definition) is 3. The van der Waals surface area contributed by atoms with Crippen LogP contribution in [0.25, 0.3) is 22.2 Å². The molecule has 3 N–H and O–H groups in total. The Labute approximate surface area is 152 Å². The van der Waals surface area contributed by atoms with Crippen LogP contribution in [0.1, 0.15) is 12.6 Å². The van der Waals surface area contributed by atoms with E-state index in [2.05, 4.69) is 19.7 Å². The Hall–Kier alpha value is -2.50. The average Bonchev–Trinajstić information content (AvgIpc) is 3.05. The first-order chi connectivity index (χ1) is 12.6. The predicted molar refractivity (Wildman–Crippen MR) is 91.2 cm³/mol. The predicted octanol–water partition coefficient (Wildman–Crippen LogP) is 2.30. The van der Waals surface area contributed by atoms with Gasteiger partial charge in [0.25, 0.3) is 10.0 Å². The zero-order valence-corrected chi connectivity index (χ0v) is 14.8. The standard InChI is InChI=1S/C16H15F3N4O3S/c1-9(24)7-22-27(25,26)14-3-2-10(8-21-14)11-4-5-20-15-12(11)6-13(23-15)16(17,18)19/h2-6,8-9,22,24H,7H2,1H3,(H,20,23)/t9-/m0/s1. The highest BCUT2D eigenvalue weighted by Gasteiger charge is 2.33. The molecule has 0 amide bonds. The molecule has 0 bridgehead atoms. The highest BCUT2D eigenvalue weighted by Crippen LogP contribution is 2.34. The van der Waals surface area contributed by atoms with E-state index in [9.17, 15) is 26.7 Å². The number of halogens is 3. The second-order valence-electron chi connectivity index (χ2n) is 5.89. The van der Waals surface area contributed by atoms with E-state index in [0.717, 1.165) is 6.07 Å². The number of H-pyrrole nitrogens is 1. The van der Waals surface area contributed by atoms with Gasteiger partial charge in [0.1, 0.15) is 11.3 Å². The topological polar surface area (TPSA) is 108 Å². The van der Waals surface area contributed by atoms with Gasteiger partial charge in [-0.15, -0.1) is 0 Å². The molecule has 3 rings (SSSR count). The van der Waals surface area contributed by atoms with E-state index in [1.165, 1.54) is 37.5 Å². The van der Waals surface area contributed by atoms with Crippen molar-refractivity contribution in [2.24, 2.45) is 0 Å². The minimum Gasteiger partial charge on any atom is -0.392 e. The fourth-order valence-electron chi connectivity index (χ4n) is 2.43. The number of aliphatic hydroxyl groups is 1. The smallest absolute Gasteiger partial charge is 0.392 e. The Morgan fingerprint density at radius 2 is 2.00 bits per heavy atom. The molecule has 0 aliphatic carbocycles. The number of aromatic nitrogens is 3. The summed E-state index contributed by atoms with van der Waals surface area (Å²) in [6.45, 7) is 1.26. The van der Waals surface area contributed by atoms with Crippen molar-refractivity contribution < 1.29 is 26.7 Å². The van der Waals surface area contributed by atoms with Crippen molar-refractivity contribution in [2.45, 2.75) is 24.2 Å². The molecule has 3 aromatic rings. The number of fused-ring (bicyclic) bond motifs is 1. The SMILES string of the molecule is C[C@H](O)CNS(=O)(=O)c1ccc(-c2ccnc3[nH]c(C(F)(F)F)cc23)cn1. The molecule has 0 aliphatic rings. The Kier molecular flexibility index (Phi) is 4.93. The zero-order valence-electron chi connectivity index (χ0n) is 13.9. The largest absolute Gasteiger partial charge is 0.431 e. The van der Waals surface area contributed by atoms with Gasteiger partial charge in [0.05, 0.1) is 6.10 Å². The van der Waals surface area contributed by atoms with Crippen LogP contribution in [0, 0.1) is 0 Å². The van der Waals surface area contributed by atoms with Crippen LogP contribution in [0.2, 0.25) is 0 Å². The van der Waals surface area contributed by atoms with Crippen molar-refractivity contribution in [3.05, 3.63) is 42.4 Å². The molecule has 0 fully saturated rings. The lowest BCUT2D eigenvalue weighted by Gasteiger charge is -2.08. The monoisotopic (exact) mass is 400 g/mol. The van der Waals surface area contributed by atoms with Gasteiger partial charge in [-0.05, 0) is 36.8 Å². The summed E-state index contributed by atoms with van der Waals surface area (Å²) < 4.78 is 65.1. The van der Waals surface area contributed by atoms with Crippen LogP contribution in [-0.4, -0.2) is 41.1 Å². The normalized spacial score (nSPS) is 13.8. The molecule has 3 aromatic heterocycles. The van der Waals surface area contributed by atoms with E-state index in [1.807, 2.05) is 0 Å². The Balaban J connectivity index is 1.97. The van der Waals surface area contributed by atoms with E-state index < -0.39 is 28.0 Å². The molecule has 0 radical (unpaired) electrons. The molecule has 27 heavy (non-hydrogen) atoms. The van der Waals surface area contributed by atoms with Gasteiger partial charge < -0.3 is 10.1 Å². The second-order valence-corrected chi connectivity index (χ2v) is 7.60. The van der Waals surface area contributed by atoms with Crippen molar-refractivity contribution in [3.8, 4) is 11.1 Å². The van der Waals surface area contributed by atoms with E-state index in [4.69, 9.17) is 0 Å². The molecule has 0 spiro atoms. The van der Waals surface area contributed by atoms with Gasteiger partial charge in [-0.2, -0.15) is 13.2 Å². The molecular formula is C16H15F3N4O3S. The maximum absolute atomic E-state index is 12.9. The van der Waals surface area contributed by atoms with Gasteiger partial charge in [-0.3, -0.25) is 0 Å². The van der Waals surface area contributed by atoms with E-state index in [0.29, 0.717) is 11.1 Å². The number of aromatic amines is 1. The molecule has 7 nitrogen and oxygen atoms in total. The van der Waals surface area contributed by atoms with Crippen molar-refractivity contribution in [1.82, 2.24) is 19.7 Å². The van der Waals surface area contributed by atoms with Crippen LogP contribution < -0.4 is 4.72 Å². The number of rotatable bonds is 5. The molecule has 11 heteroatoms. The number of pyridine rings is 2. The lowest BCUT2D eigenvalue weighted by Crippen LogP contribution is -2.31. The molecule has 0 unspecified atom stereocenters. The van der Waals surface area contributed by atoms with Gasteiger partial charge in [0.15, 0.2) is 5.03 Å². The Morgan fingerprint density at radius 1 is 1.26 bits per heavy atom. The lowest BCUT2D eigenvalue weighted by molar-refractivity contribution is -0.140. The van der Waals surface area contributed by atoms with E-state index in [-0.39, 0.29) is 22.6 Å². The van der Waals surface area contributed by atoms with Gasteiger partial charge in [-0.25, -0.2) is 23.1 Å². The zero-order chi connectivity index (χ0) is 19.8. The van der Waals surface area contributed by atoms with Gasteiger partial charge in [-0.1, -0.05) is 0 Å². The maximum atomic E-state index is 12.9. The summed E-state index contributed by atoms with van der Waals surface area (Å²) in [4.78, 5) is 10.00. The lowest BCUT2D eigenvalue weighted by atomic mass is 10.1. The molecule has 0 aliphatic heterocycles. The summed E-state index contributed by atoms with van der Waals surface area (Å²) in [6.07, 6.45) is -2.79. The quantitative estimate of drug-likeness (QED) is 0.609. The van der Waals surface area contributed by atoms with E-state index in [1.54, 1.807) is 0 Å². The van der Waals surface area contributed by atoms with Crippen LogP contribution in [0.5, 0.6) is 0 Å². The highest BCUT2D eigenvalue weighted by atomic mass is 32.2. The number of alkyl halides is 3. The summed E-state index contributed by atoms with van der Waals surface area (Å²) in [7, 11) is -3.90. The molecule has 144 valence electrons. The Morgan fingerprint density at radius 3 is 2.59 bits per heavy atom. The van der Waals surface area contributed by atoms with Crippen LogP contribution in [-0.2, 0) is 16.2 Å². The summed E-state index contributed by atoms with van der Waals surface area (Å²) in [5.74, 6) is 0. The van der Waals surface area contributed by atoms with Crippen molar-refractivity contribution in [2.75, 3.05) is 6.54 Å². The molecule has 0 saturated carbocycles. The number of aliphatic hydroxyl groups excluding tert-OH is 1. The minimum absolute atomic E-state index is 0.0649. The minimum atomic E-state index is -4.54. The first-order valence-electron chi connectivity index (χ1n) is 7.77. The fraction of sp³-hybridized carbons (Fsp3) is 0.250. The van der Waals surface area contributed by atoms with Gasteiger partial charge in [0.2, 0.25) is 0 Å². The summed E-state index contributed by atoms with van der Waals surface area (Å²) in [6, 6.07) is 5.15. The fourth-order valence-corrected chi connectivity index (χ4v) is 3.48. The number of nitrogens with zero attached hydrogens (tertiary/aromatic N) is 2. The highest BCUT2D eigenvalue weighted by molar-refractivity contribution is 7.89. The molecule has 0 aromatic carbocycles. The maximum Gasteiger partial charge on any atom is 0.431 e. The summed E-state index contributed by atoms with van der Waals surface area (Å²) >= 11 is 0. The van der Waals surface area contributed by atoms with Crippen LogP contribution in [0.4, 0.5) is 13.2 Å². The molecule has 0 saturated heterocycles. The third kappa shape index (κ3) is 4.10. The summed E-state index contributed by atoms with van der Waals surface area (Å²) in [5.41, 5.74) is 0.00629. The molecular weight excluding hydrogens is 385 g/mol. The van der Waals surface area contributed by atoms with Crippen molar-refractivity contribution in [3.63, 3.8) is 0 Å². The summed E-state index contributed by atoms with van der Waals surface area (Å²) in [5, 5.41) is 9.16. The first kappa shape index (κ1) is 19.3. The number of hydrogen-bond acceptors (Lipinski definition) is 5. The van der Waals surface area contributed by atoms with Crippen molar-refractivity contribution >= 4 is 21.1 Å². The van der Waals surface area contributed by atoms with Crippen LogP contribution in [0.3, 0.4) is 0 Å². The number of nitrogens with one attached hydrogen (secondary N) is 2. The van der Waals surface area contributed by atoms with Crippen molar-refractivity contribution in [1.29, 1.82) is 0 Å². The van der Waals surface area contributed by atoms with Crippen LogP contribution >= 0.6 is 0 Å². The third-order valence-corrected chi connectivity index (χ3v) is 5.07. The Bertz CT molecular complexity index is 1060. The van der Waals surface area contributed by atoms with E-state index >= 15 is 0 Å². The van der Waals surface area contributed by atoms with Gasteiger partial charge >= 0.3 is 6.18 Å². The third-order valence-electron chi connectivity index (χ3n) is 3.73. The second kappa shape index (κ2) is 6.91. The molecule has 3 heterocycles. The number of sulfonamides is 1. The van der Waals surface area contributed by atoms with Crippen LogP contribution in [0.15, 0.2) is 41.7 Å². The average molecular weight is 400 g/mol.